The molecule has 0 spiro atoms. The summed E-state index contributed by atoms with van der Waals surface area (Å²) in [7, 11) is 0. The van der Waals surface area contributed by atoms with Gasteiger partial charge in [0.1, 0.15) is 11.8 Å². The number of rotatable bonds is 4. The number of carbonyl (C=O) groups is 1. The summed E-state index contributed by atoms with van der Waals surface area (Å²) in [5.74, 6) is -2.16. The quantitative estimate of drug-likeness (QED) is 0.669. The molecule has 0 aromatic heterocycles. The van der Waals surface area contributed by atoms with Gasteiger partial charge in [-0.3, -0.25) is 4.79 Å². The maximum absolute atomic E-state index is 12.5. The number of benzene rings is 1. The van der Waals surface area contributed by atoms with E-state index in [0.29, 0.717) is 0 Å². The lowest BCUT2D eigenvalue weighted by atomic mass is 9.97. The van der Waals surface area contributed by atoms with E-state index in [-0.39, 0.29) is 12.2 Å². The molecule has 2 N–H and O–H groups in total. The van der Waals surface area contributed by atoms with Crippen LogP contribution in [0.3, 0.4) is 0 Å². The van der Waals surface area contributed by atoms with Gasteiger partial charge < -0.3 is 10.5 Å². The van der Waals surface area contributed by atoms with E-state index in [1.165, 1.54) is 19.1 Å². The number of alkyl halides is 3. The van der Waals surface area contributed by atoms with Gasteiger partial charge in [0.2, 0.25) is 0 Å². The highest BCUT2D eigenvalue weighted by molar-refractivity contribution is 5.76. The Labute approximate surface area is 103 Å². The van der Waals surface area contributed by atoms with Crippen LogP contribution in [-0.4, -0.2) is 18.2 Å². The molecule has 0 heterocycles. The topological polar surface area (TPSA) is 52.3 Å². The molecular formula is C12H14F3NO2. The van der Waals surface area contributed by atoms with Crippen molar-refractivity contribution < 1.29 is 22.7 Å². The van der Waals surface area contributed by atoms with Crippen LogP contribution in [0.5, 0.6) is 5.75 Å². The molecule has 2 atom stereocenters. The zero-order valence-electron chi connectivity index (χ0n) is 9.78. The SMILES string of the molecule is CC[C@H](C(=O)Oc1ccccc1)[C@H](N)C(F)(F)F. The Kier molecular flexibility index (Phi) is 4.72. The van der Waals surface area contributed by atoms with Crippen molar-refractivity contribution in [1.82, 2.24) is 0 Å². The Morgan fingerprint density at radius 2 is 1.89 bits per heavy atom. The Morgan fingerprint density at radius 3 is 2.33 bits per heavy atom. The Morgan fingerprint density at radius 1 is 1.33 bits per heavy atom. The molecule has 0 aliphatic rings. The van der Waals surface area contributed by atoms with Crippen molar-refractivity contribution >= 4 is 5.97 Å². The predicted molar refractivity (Wildman–Crippen MR) is 59.9 cm³/mol. The summed E-state index contributed by atoms with van der Waals surface area (Å²) in [6.07, 6.45) is -4.65. The van der Waals surface area contributed by atoms with Crippen molar-refractivity contribution in [3.8, 4) is 5.75 Å². The lowest BCUT2D eigenvalue weighted by Crippen LogP contribution is -2.47. The fourth-order valence-electron chi connectivity index (χ4n) is 1.48. The van der Waals surface area contributed by atoms with Gasteiger partial charge in [0.05, 0.1) is 5.92 Å². The summed E-state index contributed by atoms with van der Waals surface area (Å²) in [5.41, 5.74) is 5.03. The molecule has 3 nitrogen and oxygen atoms in total. The van der Waals surface area contributed by atoms with Crippen LogP contribution in [-0.2, 0) is 4.79 Å². The van der Waals surface area contributed by atoms with Crippen molar-refractivity contribution in [2.45, 2.75) is 25.6 Å². The number of para-hydroxylation sites is 1. The highest BCUT2D eigenvalue weighted by Gasteiger charge is 2.44. The van der Waals surface area contributed by atoms with Crippen LogP contribution in [0.15, 0.2) is 30.3 Å². The highest BCUT2D eigenvalue weighted by atomic mass is 19.4. The Hall–Kier alpha value is -1.56. The molecule has 0 unspecified atom stereocenters. The first-order chi connectivity index (χ1) is 8.36. The van der Waals surface area contributed by atoms with Crippen molar-refractivity contribution in [3.63, 3.8) is 0 Å². The number of esters is 1. The van der Waals surface area contributed by atoms with Gasteiger partial charge >= 0.3 is 12.1 Å². The molecule has 0 fully saturated rings. The summed E-state index contributed by atoms with van der Waals surface area (Å²) in [4.78, 5) is 11.6. The third-order valence-corrected chi connectivity index (χ3v) is 2.52. The fraction of sp³-hybridized carbons (Fsp3) is 0.417. The van der Waals surface area contributed by atoms with Crippen LogP contribution in [0.25, 0.3) is 0 Å². The predicted octanol–water partition coefficient (Wildman–Crippen LogP) is 2.51. The lowest BCUT2D eigenvalue weighted by Gasteiger charge is -2.23. The van der Waals surface area contributed by atoms with Crippen molar-refractivity contribution in [2.75, 3.05) is 0 Å². The molecule has 0 amide bonds. The van der Waals surface area contributed by atoms with Crippen LogP contribution in [0.2, 0.25) is 0 Å². The van der Waals surface area contributed by atoms with Gasteiger partial charge in [-0.2, -0.15) is 13.2 Å². The van der Waals surface area contributed by atoms with E-state index in [4.69, 9.17) is 10.5 Å². The summed E-state index contributed by atoms with van der Waals surface area (Å²) < 4.78 is 42.2. The third kappa shape index (κ3) is 3.73. The molecule has 0 aliphatic heterocycles. The Balaban J connectivity index is 2.75. The summed E-state index contributed by atoms with van der Waals surface area (Å²) in [6.45, 7) is 1.46. The fourth-order valence-corrected chi connectivity index (χ4v) is 1.48. The summed E-state index contributed by atoms with van der Waals surface area (Å²) in [6, 6.07) is 5.71. The van der Waals surface area contributed by atoms with E-state index < -0.39 is 24.1 Å². The second kappa shape index (κ2) is 5.86. The molecule has 1 rings (SSSR count). The standard InChI is InChI=1S/C12H14F3NO2/c1-2-9(10(16)12(13,14)15)11(17)18-8-6-4-3-5-7-8/h3-7,9-10H,2,16H2,1H3/t9-,10-/m0/s1. The largest absolute Gasteiger partial charge is 0.426 e. The second-order valence-electron chi connectivity index (χ2n) is 3.82. The molecule has 0 bridgehead atoms. The smallest absolute Gasteiger partial charge is 0.404 e. The average molecular weight is 261 g/mol. The molecule has 0 saturated heterocycles. The molecule has 6 heteroatoms. The number of hydrogen-bond donors (Lipinski definition) is 1. The summed E-state index contributed by atoms with van der Waals surface area (Å²) >= 11 is 0. The minimum absolute atomic E-state index is 0.0354. The molecule has 0 aliphatic carbocycles. The first-order valence-electron chi connectivity index (χ1n) is 5.45. The van der Waals surface area contributed by atoms with Crippen LogP contribution >= 0.6 is 0 Å². The second-order valence-corrected chi connectivity index (χ2v) is 3.82. The van der Waals surface area contributed by atoms with E-state index in [9.17, 15) is 18.0 Å². The van der Waals surface area contributed by atoms with E-state index in [1.54, 1.807) is 18.2 Å². The van der Waals surface area contributed by atoms with Crippen LogP contribution < -0.4 is 10.5 Å². The molecule has 18 heavy (non-hydrogen) atoms. The Bertz CT molecular complexity index is 392. The van der Waals surface area contributed by atoms with Gasteiger partial charge in [0.15, 0.2) is 0 Å². The van der Waals surface area contributed by atoms with Gasteiger partial charge in [0.25, 0.3) is 0 Å². The molecule has 1 aromatic rings. The maximum atomic E-state index is 12.5. The van der Waals surface area contributed by atoms with E-state index in [2.05, 4.69) is 0 Å². The maximum Gasteiger partial charge on any atom is 0.404 e. The molecular weight excluding hydrogens is 247 g/mol. The number of hydrogen-bond acceptors (Lipinski definition) is 3. The number of ether oxygens (including phenoxy) is 1. The van der Waals surface area contributed by atoms with Gasteiger partial charge in [-0.05, 0) is 18.6 Å². The van der Waals surface area contributed by atoms with Crippen molar-refractivity contribution in [2.24, 2.45) is 11.7 Å². The van der Waals surface area contributed by atoms with Crippen molar-refractivity contribution in [3.05, 3.63) is 30.3 Å². The lowest BCUT2D eigenvalue weighted by molar-refractivity contribution is -0.171. The average Bonchev–Trinajstić information content (AvgIpc) is 2.29. The van der Waals surface area contributed by atoms with Gasteiger partial charge in [-0.1, -0.05) is 25.1 Å². The minimum atomic E-state index is -4.61. The first-order valence-corrected chi connectivity index (χ1v) is 5.45. The van der Waals surface area contributed by atoms with E-state index >= 15 is 0 Å². The molecule has 0 radical (unpaired) electrons. The first kappa shape index (κ1) is 14.5. The zero-order chi connectivity index (χ0) is 13.8. The molecule has 1 aromatic carbocycles. The number of nitrogens with two attached hydrogens (primary N) is 1. The van der Waals surface area contributed by atoms with E-state index in [1.807, 2.05) is 0 Å². The van der Waals surface area contributed by atoms with Gasteiger partial charge in [-0.15, -0.1) is 0 Å². The monoisotopic (exact) mass is 261 g/mol. The normalized spacial score (nSPS) is 14.9. The molecule has 0 saturated carbocycles. The highest BCUT2D eigenvalue weighted by Crippen LogP contribution is 2.27. The van der Waals surface area contributed by atoms with Crippen LogP contribution in [0.1, 0.15) is 13.3 Å². The minimum Gasteiger partial charge on any atom is -0.426 e. The third-order valence-electron chi connectivity index (χ3n) is 2.52. The van der Waals surface area contributed by atoms with Crippen LogP contribution in [0, 0.1) is 5.92 Å². The zero-order valence-corrected chi connectivity index (χ0v) is 9.78. The number of halogens is 3. The van der Waals surface area contributed by atoms with Crippen LogP contribution in [0.4, 0.5) is 13.2 Å². The van der Waals surface area contributed by atoms with E-state index in [0.717, 1.165) is 0 Å². The number of carbonyl (C=O) groups excluding carboxylic acids is 1. The van der Waals surface area contributed by atoms with Gasteiger partial charge in [0, 0.05) is 0 Å². The summed E-state index contributed by atoms with van der Waals surface area (Å²) in [5, 5.41) is 0. The van der Waals surface area contributed by atoms with Gasteiger partial charge in [-0.25, -0.2) is 0 Å². The molecule has 100 valence electrons. The van der Waals surface area contributed by atoms with Crippen molar-refractivity contribution in [1.29, 1.82) is 0 Å².